The molecule has 2 aromatic rings. The highest BCUT2D eigenvalue weighted by molar-refractivity contribution is 7.88. The molecule has 0 atom stereocenters. The molecule has 132 valence electrons. The summed E-state index contributed by atoms with van der Waals surface area (Å²) in [4.78, 5) is 13.9. The first kappa shape index (κ1) is 18.5. The van der Waals surface area contributed by atoms with Crippen LogP contribution in [0.1, 0.15) is 37.8 Å². The molecular formula is C17H24N2O4S. The smallest absolute Gasteiger partial charge is 0.307 e. The summed E-state index contributed by atoms with van der Waals surface area (Å²) in [6.07, 6.45) is 3.41. The van der Waals surface area contributed by atoms with E-state index in [0.29, 0.717) is 24.2 Å². The first-order chi connectivity index (χ1) is 11.5. The predicted octanol–water partition coefficient (Wildman–Crippen LogP) is 2.75. The predicted molar refractivity (Wildman–Crippen MR) is 94.4 cm³/mol. The molecule has 0 saturated carbocycles. The topological polar surface area (TPSA) is 90.5 Å². The van der Waals surface area contributed by atoms with E-state index in [0.717, 1.165) is 23.7 Å². The van der Waals surface area contributed by atoms with Crippen molar-refractivity contribution >= 4 is 26.9 Å². The average molecular weight is 352 g/mol. The van der Waals surface area contributed by atoms with Crippen molar-refractivity contribution < 1.29 is 18.3 Å². The highest BCUT2D eigenvalue weighted by atomic mass is 32.2. The summed E-state index contributed by atoms with van der Waals surface area (Å²) in [5, 5.41) is 9.70. The lowest BCUT2D eigenvalue weighted by Crippen LogP contribution is -2.29. The van der Waals surface area contributed by atoms with E-state index in [1.165, 1.54) is 4.31 Å². The number of benzene rings is 1. The van der Waals surface area contributed by atoms with Gasteiger partial charge in [0.1, 0.15) is 0 Å². The van der Waals surface area contributed by atoms with Crippen molar-refractivity contribution in [3.05, 3.63) is 35.5 Å². The van der Waals surface area contributed by atoms with Crippen molar-refractivity contribution in [3.63, 3.8) is 0 Å². The number of hydrogen-bond acceptors (Lipinski definition) is 3. The maximum Gasteiger partial charge on any atom is 0.307 e. The summed E-state index contributed by atoms with van der Waals surface area (Å²) < 4.78 is 26.3. The number of aromatic amines is 1. The second kappa shape index (κ2) is 7.81. The van der Waals surface area contributed by atoms with Crippen molar-refractivity contribution in [1.29, 1.82) is 0 Å². The van der Waals surface area contributed by atoms with Crippen molar-refractivity contribution in [2.75, 3.05) is 13.1 Å². The third-order valence-electron chi connectivity index (χ3n) is 3.98. The Bertz CT molecular complexity index is 805. The standard InChI is InChI=1S/C15H18N2O4S.C2H6/c18-15(19)8-12-9-16-14-4-3-11(7-13(12)14)10-22(20,21)17-5-1-2-6-17;1-2/h3-4,7,9,16H,1-2,5-6,8,10H2,(H,18,19);1-2H3. The van der Waals surface area contributed by atoms with Gasteiger partial charge in [0.25, 0.3) is 0 Å². The number of carboxylic acid groups (broad SMARTS) is 1. The number of sulfonamides is 1. The molecule has 0 spiro atoms. The molecule has 1 saturated heterocycles. The summed E-state index contributed by atoms with van der Waals surface area (Å²) in [6, 6.07) is 5.35. The van der Waals surface area contributed by atoms with E-state index in [1.807, 2.05) is 13.8 Å². The van der Waals surface area contributed by atoms with Gasteiger partial charge in [-0.25, -0.2) is 12.7 Å². The van der Waals surface area contributed by atoms with Crippen LogP contribution in [-0.4, -0.2) is 41.9 Å². The van der Waals surface area contributed by atoms with Crippen LogP contribution < -0.4 is 0 Å². The van der Waals surface area contributed by atoms with Gasteiger partial charge in [-0.3, -0.25) is 4.79 Å². The quantitative estimate of drug-likeness (QED) is 0.866. The SMILES string of the molecule is CC.O=C(O)Cc1c[nH]c2ccc(CS(=O)(=O)N3CCCC3)cc12. The van der Waals surface area contributed by atoms with Crippen LogP contribution in [0.4, 0.5) is 0 Å². The maximum atomic E-state index is 12.4. The van der Waals surface area contributed by atoms with Crippen LogP contribution in [0.5, 0.6) is 0 Å². The molecule has 1 fully saturated rings. The van der Waals surface area contributed by atoms with Crippen LogP contribution in [0.3, 0.4) is 0 Å². The minimum atomic E-state index is -3.29. The lowest BCUT2D eigenvalue weighted by atomic mass is 10.1. The Labute approximate surface area is 142 Å². The lowest BCUT2D eigenvalue weighted by molar-refractivity contribution is -0.136. The largest absolute Gasteiger partial charge is 0.481 e. The minimum absolute atomic E-state index is 0.0410. The van der Waals surface area contributed by atoms with Gasteiger partial charge >= 0.3 is 5.97 Å². The van der Waals surface area contributed by atoms with Gasteiger partial charge < -0.3 is 10.1 Å². The van der Waals surface area contributed by atoms with Crippen LogP contribution in [-0.2, 0) is 27.0 Å². The molecule has 24 heavy (non-hydrogen) atoms. The summed E-state index contributed by atoms with van der Waals surface area (Å²) in [5.41, 5.74) is 2.17. The number of carboxylic acids is 1. The number of aromatic nitrogens is 1. The van der Waals surface area contributed by atoms with E-state index in [9.17, 15) is 13.2 Å². The second-order valence-corrected chi connectivity index (χ2v) is 7.60. The molecule has 0 bridgehead atoms. The summed E-state index contributed by atoms with van der Waals surface area (Å²) >= 11 is 0. The molecule has 6 nitrogen and oxygen atoms in total. The minimum Gasteiger partial charge on any atom is -0.481 e. The van der Waals surface area contributed by atoms with Crippen LogP contribution in [0, 0.1) is 0 Å². The van der Waals surface area contributed by atoms with E-state index in [4.69, 9.17) is 5.11 Å². The van der Waals surface area contributed by atoms with Gasteiger partial charge in [0.05, 0.1) is 12.2 Å². The van der Waals surface area contributed by atoms with Crippen molar-refractivity contribution in [3.8, 4) is 0 Å². The number of nitrogens with zero attached hydrogens (tertiary/aromatic N) is 1. The Morgan fingerprint density at radius 2 is 1.92 bits per heavy atom. The monoisotopic (exact) mass is 352 g/mol. The number of carbonyl (C=O) groups is 1. The molecule has 3 rings (SSSR count). The third kappa shape index (κ3) is 4.15. The number of hydrogen-bond donors (Lipinski definition) is 2. The fraction of sp³-hybridized carbons (Fsp3) is 0.471. The Kier molecular flexibility index (Phi) is 6.01. The fourth-order valence-electron chi connectivity index (χ4n) is 2.89. The van der Waals surface area contributed by atoms with Gasteiger partial charge in [-0.05, 0) is 36.1 Å². The van der Waals surface area contributed by atoms with E-state index < -0.39 is 16.0 Å². The number of fused-ring (bicyclic) bond motifs is 1. The van der Waals surface area contributed by atoms with E-state index in [-0.39, 0.29) is 12.2 Å². The molecule has 0 aliphatic carbocycles. The molecule has 1 aliphatic rings. The van der Waals surface area contributed by atoms with Gasteiger partial charge in [0, 0.05) is 30.2 Å². The first-order valence-electron chi connectivity index (χ1n) is 8.24. The zero-order chi connectivity index (χ0) is 17.7. The number of nitrogens with one attached hydrogen (secondary N) is 1. The molecule has 7 heteroatoms. The van der Waals surface area contributed by atoms with Crippen LogP contribution in [0.2, 0.25) is 0 Å². The summed E-state index contributed by atoms with van der Waals surface area (Å²) in [5.74, 6) is -0.948. The zero-order valence-electron chi connectivity index (χ0n) is 14.1. The van der Waals surface area contributed by atoms with E-state index >= 15 is 0 Å². The number of H-pyrrole nitrogens is 1. The molecule has 1 aliphatic heterocycles. The lowest BCUT2D eigenvalue weighted by Gasteiger charge is -2.15. The van der Waals surface area contributed by atoms with Crippen LogP contribution in [0.15, 0.2) is 24.4 Å². The third-order valence-corrected chi connectivity index (χ3v) is 5.83. The van der Waals surface area contributed by atoms with Gasteiger partial charge in [-0.15, -0.1) is 0 Å². The maximum absolute atomic E-state index is 12.4. The second-order valence-electron chi connectivity index (χ2n) is 5.63. The first-order valence-corrected chi connectivity index (χ1v) is 9.85. The summed E-state index contributed by atoms with van der Waals surface area (Å²) in [6.45, 7) is 5.19. The molecule has 1 aromatic carbocycles. The highest BCUT2D eigenvalue weighted by Gasteiger charge is 2.25. The molecule has 0 unspecified atom stereocenters. The Morgan fingerprint density at radius 1 is 1.25 bits per heavy atom. The Balaban J connectivity index is 0.00000100. The number of rotatable bonds is 5. The Hall–Kier alpha value is -1.86. The fourth-order valence-corrected chi connectivity index (χ4v) is 4.49. The van der Waals surface area contributed by atoms with Crippen LogP contribution in [0.25, 0.3) is 10.9 Å². The van der Waals surface area contributed by atoms with Gasteiger partial charge in [-0.2, -0.15) is 0 Å². The molecule has 1 aromatic heterocycles. The Morgan fingerprint density at radius 3 is 2.54 bits per heavy atom. The van der Waals surface area contributed by atoms with Gasteiger partial charge in [0.15, 0.2) is 0 Å². The van der Waals surface area contributed by atoms with Crippen molar-refractivity contribution in [2.45, 2.75) is 38.9 Å². The van der Waals surface area contributed by atoms with E-state index in [1.54, 1.807) is 24.4 Å². The zero-order valence-corrected chi connectivity index (χ0v) is 14.9. The molecule has 0 radical (unpaired) electrons. The van der Waals surface area contributed by atoms with E-state index in [2.05, 4.69) is 4.98 Å². The molecule has 0 amide bonds. The molecule has 2 heterocycles. The van der Waals surface area contributed by atoms with Crippen molar-refractivity contribution in [1.82, 2.24) is 9.29 Å². The molecular weight excluding hydrogens is 328 g/mol. The number of aliphatic carboxylic acids is 1. The average Bonchev–Trinajstić information content (AvgIpc) is 3.19. The highest BCUT2D eigenvalue weighted by Crippen LogP contribution is 2.23. The van der Waals surface area contributed by atoms with Crippen LogP contribution >= 0.6 is 0 Å². The summed E-state index contributed by atoms with van der Waals surface area (Å²) in [7, 11) is -3.29. The molecule has 2 N–H and O–H groups in total. The van der Waals surface area contributed by atoms with Gasteiger partial charge in [0.2, 0.25) is 10.0 Å². The normalized spacial score (nSPS) is 15.2. The van der Waals surface area contributed by atoms with Crippen molar-refractivity contribution in [2.24, 2.45) is 0 Å². The van der Waals surface area contributed by atoms with Gasteiger partial charge in [-0.1, -0.05) is 19.9 Å².